The third-order valence-corrected chi connectivity index (χ3v) is 2.29. The average molecular weight is 206 g/mol. The van der Waals surface area contributed by atoms with Crippen molar-refractivity contribution in [2.45, 2.75) is 18.9 Å². The molecule has 0 bridgehead atoms. The van der Waals surface area contributed by atoms with Crippen molar-refractivity contribution in [1.82, 2.24) is 9.97 Å². The predicted molar refractivity (Wildman–Crippen MR) is 58.8 cm³/mol. The molecule has 80 valence electrons. The Morgan fingerprint density at radius 3 is 2.80 bits per heavy atom. The zero-order valence-corrected chi connectivity index (χ0v) is 8.60. The summed E-state index contributed by atoms with van der Waals surface area (Å²) in [6, 6.07) is 2.15. The van der Waals surface area contributed by atoms with Gasteiger partial charge in [0.1, 0.15) is 5.82 Å². The van der Waals surface area contributed by atoms with Crippen molar-refractivity contribution in [2.75, 3.05) is 18.2 Å². The van der Waals surface area contributed by atoms with Crippen LogP contribution in [-0.2, 0) is 0 Å². The lowest BCUT2D eigenvalue weighted by Gasteiger charge is -2.13. The second-order valence-electron chi connectivity index (χ2n) is 3.44. The summed E-state index contributed by atoms with van der Waals surface area (Å²) in [6.07, 6.45) is 6.34. The molecule has 0 fully saturated rings. The molecule has 0 saturated carbocycles. The van der Waals surface area contributed by atoms with Gasteiger partial charge in [-0.2, -0.15) is 9.97 Å². The van der Waals surface area contributed by atoms with Gasteiger partial charge in [-0.05, 0) is 12.8 Å². The molecule has 5 nitrogen and oxygen atoms in total. The highest BCUT2D eigenvalue weighted by molar-refractivity contribution is 5.44. The average Bonchev–Trinajstić information content (AvgIpc) is 2.69. The molecule has 1 heterocycles. The van der Waals surface area contributed by atoms with Crippen molar-refractivity contribution in [3.05, 3.63) is 18.2 Å². The third kappa shape index (κ3) is 2.37. The van der Waals surface area contributed by atoms with Crippen LogP contribution in [0.1, 0.15) is 12.8 Å². The molecule has 0 atom stereocenters. The first-order valence-corrected chi connectivity index (χ1v) is 4.88. The summed E-state index contributed by atoms with van der Waals surface area (Å²) in [6.45, 7) is 0. The molecular weight excluding hydrogens is 192 g/mol. The van der Waals surface area contributed by atoms with Crippen LogP contribution in [0.5, 0.6) is 5.88 Å². The summed E-state index contributed by atoms with van der Waals surface area (Å²) >= 11 is 0. The largest absolute Gasteiger partial charge is 0.481 e. The highest BCUT2D eigenvalue weighted by Crippen LogP contribution is 2.19. The first-order chi connectivity index (χ1) is 7.28. The molecule has 0 saturated heterocycles. The molecule has 1 aromatic rings. The van der Waals surface area contributed by atoms with E-state index in [1.54, 1.807) is 13.2 Å². The van der Waals surface area contributed by atoms with Gasteiger partial charge in [0.05, 0.1) is 7.11 Å². The molecule has 2 rings (SSSR count). The van der Waals surface area contributed by atoms with Gasteiger partial charge < -0.3 is 15.8 Å². The molecule has 0 radical (unpaired) electrons. The van der Waals surface area contributed by atoms with Crippen molar-refractivity contribution >= 4 is 11.8 Å². The van der Waals surface area contributed by atoms with Gasteiger partial charge in [0, 0.05) is 12.1 Å². The van der Waals surface area contributed by atoms with Crippen LogP contribution in [0.25, 0.3) is 0 Å². The predicted octanol–water partition coefficient (Wildman–Crippen LogP) is 1.20. The SMILES string of the molecule is COc1cc(NC2CC=CC2)nc(N)n1. The molecule has 0 unspecified atom stereocenters. The van der Waals surface area contributed by atoms with E-state index >= 15 is 0 Å². The van der Waals surface area contributed by atoms with Gasteiger partial charge in [0.2, 0.25) is 11.8 Å². The van der Waals surface area contributed by atoms with E-state index in [0.29, 0.717) is 17.7 Å². The van der Waals surface area contributed by atoms with Crippen molar-refractivity contribution < 1.29 is 4.74 Å². The molecule has 0 aromatic carbocycles. The highest BCUT2D eigenvalue weighted by atomic mass is 16.5. The molecular formula is C10H14N4O. The zero-order chi connectivity index (χ0) is 10.7. The number of aromatic nitrogens is 2. The maximum Gasteiger partial charge on any atom is 0.225 e. The molecule has 1 aliphatic rings. The van der Waals surface area contributed by atoms with Gasteiger partial charge in [-0.15, -0.1) is 0 Å². The van der Waals surface area contributed by atoms with Crippen LogP contribution in [0.2, 0.25) is 0 Å². The number of methoxy groups -OCH3 is 1. The van der Waals surface area contributed by atoms with Crippen molar-refractivity contribution in [2.24, 2.45) is 0 Å². The lowest BCUT2D eigenvalue weighted by molar-refractivity contribution is 0.398. The minimum absolute atomic E-state index is 0.225. The number of hydrogen-bond acceptors (Lipinski definition) is 5. The summed E-state index contributed by atoms with van der Waals surface area (Å²) in [5, 5.41) is 3.28. The van der Waals surface area contributed by atoms with E-state index in [4.69, 9.17) is 10.5 Å². The Hall–Kier alpha value is -1.78. The fourth-order valence-electron chi connectivity index (χ4n) is 1.57. The van der Waals surface area contributed by atoms with E-state index in [0.717, 1.165) is 12.8 Å². The van der Waals surface area contributed by atoms with Crippen LogP contribution in [0.4, 0.5) is 11.8 Å². The topological polar surface area (TPSA) is 73.1 Å². The number of nitrogen functional groups attached to an aromatic ring is 1. The Balaban J connectivity index is 2.09. The van der Waals surface area contributed by atoms with Crippen LogP contribution < -0.4 is 15.8 Å². The maximum absolute atomic E-state index is 5.55. The standard InChI is InChI=1S/C10H14N4O/c1-15-9-6-8(13-10(11)14-9)12-7-4-2-3-5-7/h2-3,6-7H,4-5H2,1H3,(H3,11,12,13,14). The minimum Gasteiger partial charge on any atom is -0.481 e. The van der Waals surface area contributed by atoms with Gasteiger partial charge in [0.25, 0.3) is 0 Å². The summed E-state index contributed by atoms with van der Waals surface area (Å²) in [4.78, 5) is 8.01. The second kappa shape index (κ2) is 4.16. The Morgan fingerprint density at radius 2 is 2.13 bits per heavy atom. The van der Waals surface area contributed by atoms with Gasteiger partial charge in [-0.25, -0.2) is 0 Å². The summed E-state index contributed by atoms with van der Waals surface area (Å²) < 4.78 is 5.01. The van der Waals surface area contributed by atoms with Crippen LogP contribution >= 0.6 is 0 Å². The van der Waals surface area contributed by atoms with Crippen molar-refractivity contribution in [3.63, 3.8) is 0 Å². The van der Waals surface area contributed by atoms with Crippen LogP contribution in [0.15, 0.2) is 18.2 Å². The fraction of sp³-hybridized carbons (Fsp3) is 0.400. The highest BCUT2D eigenvalue weighted by Gasteiger charge is 2.11. The van der Waals surface area contributed by atoms with E-state index in [-0.39, 0.29) is 5.95 Å². The molecule has 0 spiro atoms. The van der Waals surface area contributed by atoms with Crippen LogP contribution in [0, 0.1) is 0 Å². The van der Waals surface area contributed by atoms with E-state index in [9.17, 15) is 0 Å². The number of rotatable bonds is 3. The Morgan fingerprint density at radius 1 is 1.40 bits per heavy atom. The van der Waals surface area contributed by atoms with Crippen molar-refractivity contribution in [1.29, 1.82) is 0 Å². The number of nitrogens with two attached hydrogens (primary N) is 1. The summed E-state index contributed by atoms with van der Waals surface area (Å²) in [5.41, 5.74) is 5.55. The zero-order valence-electron chi connectivity index (χ0n) is 8.60. The summed E-state index contributed by atoms with van der Waals surface area (Å²) in [5.74, 6) is 1.42. The van der Waals surface area contributed by atoms with Gasteiger partial charge in [-0.1, -0.05) is 12.2 Å². The monoisotopic (exact) mass is 206 g/mol. The van der Waals surface area contributed by atoms with E-state index in [1.165, 1.54) is 0 Å². The van der Waals surface area contributed by atoms with Crippen LogP contribution in [-0.4, -0.2) is 23.1 Å². The first-order valence-electron chi connectivity index (χ1n) is 4.88. The fourth-order valence-corrected chi connectivity index (χ4v) is 1.57. The molecule has 1 aromatic heterocycles. The number of nitrogens with one attached hydrogen (secondary N) is 1. The molecule has 3 N–H and O–H groups in total. The smallest absolute Gasteiger partial charge is 0.225 e. The first kappa shape index (κ1) is 9.76. The van der Waals surface area contributed by atoms with Gasteiger partial charge >= 0.3 is 0 Å². The quantitative estimate of drug-likeness (QED) is 0.727. The lowest BCUT2D eigenvalue weighted by atomic mass is 10.2. The van der Waals surface area contributed by atoms with E-state index in [2.05, 4.69) is 27.4 Å². The molecule has 15 heavy (non-hydrogen) atoms. The molecule has 5 heteroatoms. The third-order valence-electron chi connectivity index (χ3n) is 2.29. The number of nitrogens with zero attached hydrogens (tertiary/aromatic N) is 2. The summed E-state index contributed by atoms with van der Waals surface area (Å²) in [7, 11) is 1.56. The normalized spacial score (nSPS) is 15.5. The minimum atomic E-state index is 0.225. The number of ether oxygens (including phenoxy) is 1. The van der Waals surface area contributed by atoms with Gasteiger partial charge in [-0.3, -0.25) is 0 Å². The number of hydrogen-bond donors (Lipinski definition) is 2. The Labute approximate surface area is 88.4 Å². The van der Waals surface area contributed by atoms with E-state index in [1.807, 2.05) is 0 Å². The maximum atomic E-state index is 5.55. The van der Waals surface area contributed by atoms with Crippen LogP contribution in [0.3, 0.4) is 0 Å². The second-order valence-corrected chi connectivity index (χ2v) is 3.44. The molecule has 0 amide bonds. The van der Waals surface area contributed by atoms with Crippen molar-refractivity contribution in [3.8, 4) is 5.88 Å². The van der Waals surface area contributed by atoms with E-state index < -0.39 is 0 Å². The Kier molecular flexibility index (Phi) is 2.71. The number of anilines is 2. The Bertz CT molecular complexity index is 370. The molecule has 0 aliphatic heterocycles. The van der Waals surface area contributed by atoms with Gasteiger partial charge in [0.15, 0.2) is 0 Å². The lowest BCUT2D eigenvalue weighted by Crippen LogP contribution is -2.16. The molecule has 1 aliphatic carbocycles.